The van der Waals surface area contributed by atoms with Gasteiger partial charge >= 0.3 is 5.97 Å². The molecule has 0 saturated carbocycles. The number of aromatic carboxylic acids is 1. The molecule has 0 aliphatic heterocycles. The molecule has 0 unspecified atom stereocenters. The lowest BCUT2D eigenvalue weighted by atomic mass is 10.1. The van der Waals surface area contributed by atoms with Gasteiger partial charge in [0.2, 0.25) is 0 Å². The summed E-state index contributed by atoms with van der Waals surface area (Å²) in [5, 5.41) is 9.19. The quantitative estimate of drug-likeness (QED) is 0.715. The molecule has 2 heterocycles. The van der Waals surface area contributed by atoms with E-state index in [9.17, 15) is 9.90 Å². The van der Waals surface area contributed by atoms with Crippen LogP contribution in [0.4, 0.5) is 0 Å². The van der Waals surface area contributed by atoms with Crippen molar-refractivity contribution in [3.63, 3.8) is 0 Å². The van der Waals surface area contributed by atoms with Gasteiger partial charge < -0.3 is 14.7 Å². The number of hydrogen-bond acceptors (Lipinski definition) is 3. The maximum atomic E-state index is 11.2. The van der Waals surface area contributed by atoms with Crippen LogP contribution in [-0.2, 0) is 7.05 Å². The molecule has 0 atom stereocenters. The molecule has 0 aliphatic carbocycles. The van der Waals surface area contributed by atoms with Gasteiger partial charge in [-0.3, -0.25) is 0 Å². The van der Waals surface area contributed by atoms with E-state index in [2.05, 4.69) is 15.0 Å². The van der Waals surface area contributed by atoms with Crippen LogP contribution in [0.5, 0.6) is 0 Å². The SMILES string of the molecule is Cn1cnc(-c2ccc3nc[nH]c3c2)c1C(=O)O. The molecule has 0 spiro atoms. The van der Waals surface area contributed by atoms with Crippen molar-refractivity contribution in [2.75, 3.05) is 0 Å². The summed E-state index contributed by atoms with van der Waals surface area (Å²) in [6.45, 7) is 0. The van der Waals surface area contributed by atoms with Gasteiger partial charge in [-0.15, -0.1) is 0 Å². The molecular weight excluding hydrogens is 232 g/mol. The molecule has 0 aliphatic rings. The first-order valence-corrected chi connectivity index (χ1v) is 5.35. The lowest BCUT2D eigenvalue weighted by Crippen LogP contribution is -2.05. The van der Waals surface area contributed by atoms with Gasteiger partial charge in [0.25, 0.3) is 0 Å². The molecule has 2 aromatic heterocycles. The van der Waals surface area contributed by atoms with Crippen molar-refractivity contribution in [3.8, 4) is 11.3 Å². The Labute approximate surface area is 102 Å². The van der Waals surface area contributed by atoms with Crippen LogP contribution in [0, 0.1) is 0 Å². The van der Waals surface area contributed by atoms with E-state index in [1.165, 1.54) is 10.9 Å². The summed E-state index contributed by atoms with van der Waals surface area (Å²) in [5.41, 5.74) is 3.08. The van der Waals surface area contributed by atoms with E-state index in [0.29, 0.717) is 5.69 Å². The van der Waals surface area contributed by atoms with Crippen LogP contribution in [0.1, 0.15) is 10.5 Å². The second-order valence-corrected chi connectivity index (χ2v) is 3.99. The van der Waals surface area contributed by atoms with Gasteiger partial charge in [0.15, 0.2) is 5.69 Å². The van der Waals surface area contributed by atoms with E-state index in [-0.39, 0.29) is 5.69 Å². The first-order chi connectivity index (χ1) is 8.66. The zero-order chi connectivity index (χ0) is 12.7. The Balaban J connectivity index is 2.22. The number of imidazole rings is 2. The molecular formula is C12H10N4O2. The van der Waals surface area contributed by atoms with Crippen LogP contribution >= 0.6 is 0 Å². The summed E-state index contributed by atoms with van der Waals surface area (Å²) in [6.07, 6.45) is 3.10. The molecule has 0 fully saturated rings. The number of nitrogens with one attached hydrogen (secondary N) is 1. The zero-order valence-electron chi connectivity index (χ0n) is 9.58. The summed E-state index contributed by atoms with van der Waals surface area (Å²) in [4.78, 5) is 22.5. The minimum Gasteiger partial charge on any atom is -0.477 e. The Kier molecular flexibility index (Phi) is 2.16. The zero-order valence-corrected chi connectivity index (χ0v) is 9.58. The number of aryl methyl sites for hydroxylation is 1. The van der Waals surface area contributed by atoms with Crippen LogP contribution in [0.15, 0.2) is 30.9 Å². The van der Waals surface area contributed by atoms with E-state index in [1.54, 1.807) is 13.4 Å². The monoisotopic (exact) mass is 242 g/mol. The van der Waals surface area contributed by atoms with Gasteiger partial charge in [0, 0.05) is 12.6 Å². The molecule has 6 nitrogen and oxygen atoms in total. The third kappa shape index (κ3) is 1.46. The summed E-state index contributed by atoms with van der Waals surface area (Å²) in [5.74, 6) is -0.991. The van der Waals surface area contributed by atoms with Crippen molar-refractivity contribution >= 4 is 17.0 Å². The number of carboxylic acid groups (broad SMARTS) is 1. The normalized spacial score (nSPS) is 10.9. The molecule has 0 bridgehead atoms. The van der Waals surface area contributed by atoms with Crippen LogP contribution in [-0.4, -0.2) is 30.6 Å². The first-order valence-electron chi connectivity index (χ1n) is 5.35. The fraction of sp³-hybridized carbons (Fsp3) is 0.0833. The maximum Gasteiger partial charge on any atom is 0.354 e. The van der Waals surface area contributed by atoms with Crippen LogP contribution in [0.2, 0.25) is 0 Å². The molecule has 3 rings (SSSR count). The van der Waals surface area contributed by atoms with Crippen LogP contribution in [0.3, 0.4) is 0 Å². The van der Waals surface area contributed by atoms with E-state index < -0.39 is 5.97 Å². The molecule has 0 radical (unpaired) electrons. The lowest BCUT2D eigenvalue weighted by Gasteiger charge is -2.01. The highest BCUT2D eigenvalue weighted by Crippen LogP contribution is 2.24. The smallest absolute Gasteiger partial charge is 0.354 e. The standard InChI is InChI=1S/C12H10N4O2/c1-16-6-15-10(11(16)12(17)18)7-2-3-8-9(4-7)14-5-13-8/h2-6H,1H3,(H,13,14)(H,17,18). The largest absolute Gasteiger partial charge is 0.477 e. The summed E-state index contributed by atoms with van der Waals surface area (Å²) in [6, 6.07) is 5.50. The Morgan fingerprint density at radius 3 is 3.00 bits per heavy atom. The third-order valence-electron chi connectivity index (χ3n) is 2.83. The van der Waals surface area contributed by atoms with Crippen molar-refractivity contribution in [1.82, 2.24) is 19.5 Å². The van der Waals surface area contributed by atoms with Crippen molar-refractivity contribution in [2.24, 2.45) is 7.05 Å². The Morgan fingerprint density at radius 2 is 2.22 bits per heavy atom. The molecule has 2 N–H and O–H groups in total. The number of carboxylic acids is 1. The summed E-state index contributed by atoms with van der Waals surface area (Å²) >= 11 is 0. The van der Waals surface area contributed by atoms with Gasteiger partial charge in [-0.05, 0) is 12.1 Å². The highest BCUT2D eigenvalue weighted by Gasteiger charge is 2.17. The van der Waals surface area contributed by atoms with Crippen molar-refractivity contribution in [3.05, 3.63) is 36.5 Å². The predicted octanol–water partition coefficient (Wildman–Crippen LogP) is 1.66. The van der Waals surface area contributed by atoms with Gasteiger partial charge in [-0.25, -0.2) is 14.8 Å². The second kappa shape index (κ2) is 3.69. The van der Waals surface area contributed by atoms with Crippen molar-refractivity contribution in [2.45, 2.75) is 0 Å². The number of benzene rings is 1. The van der Waals surface area contributed by atoms with Crippen LogP contribution in [0.25, 0.3) is 22.3 Å². The summed E-state index contributed by atoms with van der Waals surface area (Å²) in [7, 11) is 1.66. The van der Waals surface area contributed by atoms with Gasteiger partial charge in [-0.1, -0.05) is 6.07 Å². The van der Waals surface area contributed by atoms with Crippen LogP contribution < -0.4 is 0 Å². The lowest BCUT2D eigenvalue weighted by molar-refractivity contribution is 0.0687. The first kappa shape index (κ1) is 10.5. The van der Waals surface area contributed by atoms with Gasteiger partial charge in [0.05, 0.1) is 23.7 Å². The Bertz CT molecular complexity index is 741. The Morgan fingerprint density at radius 1 is 1.39 bits per heavy atom. The molecule has 3 aromatic rings. The number of fused-ring (bicyclic) bond motifs is 1. The average Bonchev–Trinajstić information content (AvgIpc) is 2.93. The molecule has 18 heavy (non-hydrogen) atoms. The third-order valence-corrected chi connectivity index (χ3v) is 2.83. The predicted molar refractivity (Wildman–Crippen MR) is 65.3 cm³/mol. The van der Waals surface area contributed by atoms with E-state index in [4.69, 9.17) is 0 Å². The number of carbonyl (C=O) groups is 1. The van der Waals surface area contributed by atoms with Crippen molar-refractivity contribution in [1.29, 1.82) is 0 Å². The topological polar surface area (TPSA) is 83.8 Å². The number of rotatable bonds is 2. The second-order valence-electron chi connectivity index (χ2n) is 3.99. The fourth-order valence-electron chi connectivity index (χ4n) is 1.98. The number of nitrogens with zero attached hydrogens (tertiary/aromatic N) is 3. The average molecular weight is 242 g/mol. The highest BCUT2D eigenvalue weighted by molar-refractivity contribution is 5.94. The highest BCUT2D eigenvalue weighted by atomic mass is 16.4. The number of aromatic amines is 1. The number of hydrogen-bond donors (Lipinski definition) is 2. The molecule has 6 heteroatoms. The summed E-state index contributed by atoms with van der Waals surface area (Å²) < 4.78 is 1.49. The Hall–Kier alpha value is -2.63. The molecule has 0 saturated heterocycles. The number of aromatic nitrogens is 4. The minimum atomic E-state index is -0.991. The van der Waals surface area contributed by atoms with E-state index in [1.807, 2.05) is 18.2 Å². The van der Waals surface area contributed by atoms with E-state index >= 15 is 0 Å². The number of H-pyrrole nitrogens is 1. The van der Waals surface area contributed by atoms with Gasteiger partial charge in [0.1, 0.15) is 5.69 Å². The van der Waals surface area contributed by atoms with Gasteiger partial charge in [-0.2, -0.15) is 0 Å². The molecule has 1 aromatic carbocycles. The van der Waals surface area contributed by atoms with Crippen molar-refractivity contribution < 1.29 is 9.90 Å². The molecule has 90 valence electrons. The van der Waals surface area contributed by atoms with E-state index in [0.717, 1.165) is 16.6 Å². The maximum absolute atomic E-state index is 11.2. The minimum absolute atomic E-state index is 0.175. The fourth-order valence-corrected chi connectivity index (χ4v) is 1.98. The molecule has 0 amide bonds.